The summed E-state index contributed by atoms with van der Waals surface area (Å²) < 4.78 is 5.95. The van der Waals surface area contributed by atoms with E-state index in [0.717, 1.165) is 17.4 Å². The molecule has 0 bridgehead atoms. The number of hydrogen-bond acceptors (Lipinski definition) is 2. The van der Waals surface area contributed by atoms with Gasteiger partial charge in [-0.2, -0.15) is 0 Å². The molecule has 0 aromatic rings. The first-order valence-electron chi connectivity index (χ1n) is 11.5. The van der Waals surface area contributed by atoms with Crippen LogP contribution in [0.3, 0.4) is 0 Å². The fraction of sp³-hybridized carbons (Fsp3) is 0.957. The van der Waals surface area contributed by atoms with Crippen LogP contribution in [0.5, 0.6) is 0 Å². The molecule has 156 valence electrons. The van der Waals surface area contributed by atoms with Gasteiger partial charge in [-0.05, 0) is 19.3 Å². The molecule has 0 radical (unpaired) electrons. The van der Waals surface area contributed by atoms with Crippen LogP contribution in [0.2, 0.25) is 0 Å². The van der Waals surface area contributed by atoms with E-state index in [-0.39, 0.29) is 5.97 Å². The van der Waals surface area contributed by atoms with E-state index in [9.17, 15) is 4.79 Å². The average molecular weight is 371 g/mol. The number of ether oxygens (including phenoxy) is 1. The molecule has 0 heterocycles. The first-order chi connectivity index (χ1) is 12.5. The normalized spacial score (nSPS) is 11.7. The van der Waals surface area contributed by atoms with Gasteiger partial charge in [-0.3, -0.25) is 0 Å². The maximum atomic E-state index is 11.7. The Hall–Kier alpha value is -0.570. The quantitative estimate of drug-likeness (QED) is 0.147. The Morgan fingerprint density at radius 2 is 1.08 bits per heavy atom. The van der Waals surface area contributed by atoms with Crippen LogP contribution >= 0.6 is 0 Å². The predicted octanol–water partition coefficient (Wildman–Crippen LogP) is 6.50. The van der Waals surface area contributed by atoms with Crippen molar-refractivity contribution in [3.05, 3.63) is 0 Å². The van der Waals surface area contributed by atoms with Crippen molar-refractivity contribution in [2.75, 3.05) is 33.8 Å². The van der Waals surface area contributed by atoms with Crippen LogP contribution in [0.25, 0.3) is 0 Å². The second-order valence-corrected chi connectivity index (χ2v) is 8.63. The van der Waals surface area contributed by atoms with Crippen molar-refractivity contribution in [1.82, 2.24) is 0 Å². The van der Waals surface area contributed by atoms with Gasteiger partial charge in [0.1, 0.15) is 0 Å². The van der Waals surface area contributed by atoms with Crippen LogP contribution in [0, 0.1) is 0 Å². The maximum Gasteiger partial charge on any atom is 0.361 e. The Balaban J connectivity index is 3.35. The lowest BCUT2D eigenvalue weighted by atomic mass is 10.0. The lowest BCUT2D eigenvalue weighted by Gasteiger charge is -2.28. The molecule has 0 aromatic carbocycles. The highest BCUT2D eigenvalue weighted by Gasteiger charge is 2.20. The molecule has 0 aliphatic carbocycles. The number of likely N-dealkylation sites (N-methyl/N-ethyl adjacent to an activating group) is 1. The number of esters is 1. The summed E-state index contributed by atoms with van der Waals surface area (Å²) in [6.45, 7) is 6.43. The Labute approximate surface area is 164 Å². The van der Waals surface area contributed by atoms with Gasteiger partial charge in [0.15, 0.2) is 6.54 Å². The Kier molecular flexibility index (Phi) is 17.4. The van der Waals surface area contributed by atoms with E-state index in [1.165, 1.54) is 89.9 Å². The summed E-state index contributed by atoms with van der Waals surface area (Å²) in [5, 5.41) is 0. The lowest BCUT2D eigenvalue weighted by Crippen LogP contribution is -2.45. The van der Waals surface area contributed by atoms with Gasteiger partial charge in [-0.15, -0.1) is 0 Å². The Morgan fingerprint density at radius 3 is 1.50 bits per heavy atom. The van der Waals surface area contributed by atoms with E-state index < -0.39 is 0 Å². The van der Waals surface area contributed by atoms with E-state index in [1.54, 1.807) is 0 Å². The second kappa shape index (κ2) is 17.8. The van der Waals surface area contributed by atoms with Crippen molar-refractivity contribution in [2.45, 2.75) is 110 Å². The molecular formula is C23H48NO2+. The number of nitrogens with zero attached hydrogens (tertiary/aromatic N) is 1. The minimum atomic E-state index is -0.0535. The summed E-state index contributed by atoms with van der Waals surface area (Å²) in [5.41, 5.74) is 0. The van der Waals surface area contributed by atoms with E-state index in [1.807, 2.05) is 6.92 Å². The molecule has 0 saturated heterocycles. The number of unbranched alkanes of at least 4 members (excludes halogenated alkanes) is 13. The molecule has 26 heavy (non-hydrogen) atoms. The molecule has 3 nitrogen and oxygen atoms in total. The summed E-state index contributed by atoms with van der Waals surface area (Å²) >= 11 is 0. The Morgan fingerprint density at radius 1 is 0.654 bits per heavy atom. The molecule has 0 fully saturated rings. The van der Waals surface area contributed by atoms with Gasteiger partial charge in [-0.25, -0.2) is 4.79 Å². The van der Waals surface area contributed by atoms with Gasteiger partial charge >= 0.3 is 5.97 Å². The highest BCUT2D eigenvalue weighted by atomic mass is 16.5. The SMILES string of the molecule is CCCCCCCCCCCCCCCC[N+](C)(C)CC(=O)OCCC. The Bertz CT molecular complexity index is 315. The lowest BCUT2D eigenvalue weighted by molar-refractivity contribution is -0.883. The molecule has 0 aliphatic heterocycles. The molecule has 0 saturated carbocycles. The minimum absolute atomic E-state index is 0.0535. The molecule has 0 rings (SSSR count). The largest absolute Gasteiger partial charge is 0.462 e. The van der Waals surface area contributed by atoms with Gasteiger partial charge in [0.25, 0.3) is 0 Å². The minimum Gasteiger partial charge on any atom is -0.462 e. The number of rotatable bonds is 19. The van der Waals surface area contributed by atoms with Crippen molar-refractivity contribution in [1.29, 1.82) is 0 Å². The highest BCUT2D eigenvalue weighted by Crippen LogP contribution is 2.13. The molecule has 0 aliphatic rings. The summed E-state index contributed by atoms with van der Waals surface area (Å²) in [5.74, 6) is -0.0535. The first kappa shape index (κ1) is 25.4. The zero-order valence-corrected chi connectivity index (χ0v) is 18.5. The van der Waals surface area contributed by atoms with Crippen molar-refractivity contribution >= 4 is 5.97 Å². The van der Waals surface area contributed by atoms with Crippen LogP contribution in [-0.2, 0) is 9.53 Å². The fourth-order valence-corrected chi connectivity index (χ4v) is 3.42. The highest BCUT2D eigenvalue weighted by molar-refractivity contribution is 5.70. The number of quaternary nitrogens is 1. The second-order valence-electron chi connectivity index (χ2n) is 8.63. The van der Waals surface area contributed by atoms with Crippen molar-refractivity contribution in [2.24, 2.45) is 0 Å². The van der Waals surface area contributed by atoms with Gasteiger partial charge in [0.2, 0.25) is 0 Å². The summed E-state index contributed by atoms with van der Waals surface area (Å²) in [7, 11) is 4.27. The number of carbonyl (C=O) groups excluding carboxylic acids is 1. The molecule has 0 unspecified atom stereocenters. The standard InChI is InChI=1S/C23H48NO2/c1-5-7-8-9-10-11-12-13-14-15-16-17-18-19-20-24(3,4)22-23(25)26-21-6-2/h5-22H2,1-4H3/q+1. The molecule has 0 N–H and O–H groups in total. The molecule has 3 heteroatoms. The zero-order chi connectivity index (χ0) is 19.5. The molecule has 0 atom stereocenters. The van der Waals surface area contributed by atoms with Crippen molar-refractivity contribution in [3.8, 4) is 0 Å². The summed E-state index contributed by atoms with van der Waals surface area (Å²) in [6, 6.07) is 0. The van der Waals surface area contributed by atoms with Gasteiger partial charge in [0.05, 0.1) is 27.2 Å². The van der Waals surface area contributed by atoms with E-state index in [0.29, 0.717) is 13.2 Å². The predicted molar refractivity (Wildman–Crippen MR) is 113 cm³/mol. The van der Waals surface area contributed by atoms with Crippen LogP contribution in [-0.4, -0.2) is 44.2 Å². The molecule has 0 spiro atoms. The monoisotopic (exact) mass is 370 g/mol. The number of carbonyl (C=O) groups is 1. The molecule has 0 aromatic heterocycles. The summed E-state index contributed by atoms with van der Waals surface area (Å²) in [4.78, 5) is 11.7. The van der Waals surface area contributed by atoms with Crippen LogP contribution in [0.4, 0.5) is 0 Å². The molecular weight excluding hydrogens is 322 g/mol. The van der Waals surface area contributed by atoms with E-state index in [4.69, 9.17) is 4.74 Å². The third kappa shape index (κ3) is 18.2. The fourth-order valence-electron chi connectivity index (χ4n) is 3.42. The van der Waals surface area contributed by atoms with E-state index >= 15 is 0 Å². The van der Waals surface area contributed by atoms with Crippen molar-refractivity contribution in [3.63, 3.8) is 0 Å². The zero-order valence-electron chi connectivity index (χ0n) is 18.5. The van der Waals surface area contributed by atoms with Gasteiger partial charge in [-0.1, -0.05) is 90.9 Å². The number of hydrogen-bond donors (Lipinski definition) is 0. The first-order valence-corrected chi connectivity index (χ1v) is 11.5. The van der Waals surface area contributed by atoms with Gasteiger partial charge in [0, 0.05) is 0 Å². The summed E-state index contributed by atoms with van der Waals surface area (Å²) in [6.07, 6.45) is 20.3. The maximum absolute atomic E-state index is 11.7. The van der Waals surface area contributed by atoms with Crippen LogP contribution in [0.1, 0.15) is 110 Å². The smallest absolute Gasteiger partial charge is 0.361 e. The van der Waals surface area contributed by atoms with E-state index in [2.05, 4.69) is 21.0 Å². The topological polar surface area (TPSA) is 26.3 Å². The third-order valence-electron chi connectivity index (χ3n) is 5.14. The van der Waals surface area contributed by atoms with Crippen LogP contribution in [0.15, 0.2) is 0 Å². The average Bonchev–Trinajstić information content (AvgIpc) is 2.59. The molecule has 0 amide bonds. The van der Waals surface area contributed by atoms with Crippen LogP contribution < -0.4 is 0 Å². The van der Waals surface area contributed by atoms with Crippen molar-refractivity contribution < 1.29 is 14.0 Å². The third-order valence-corrected chi connectivity index (χ3v) is 5.14. The van der Waals surface area contributed by atoms with Gasteiger partial charge < -0.3 is 9.22 Å².